The summed E-state index contributed by atoms with van der Waals surface area (Å²) in [5.74, 6) is -1.34. The van der Waals surface area contributed by atoms with Gasteiger partial charge in [0, 0.05) is 32.6 Å². The molecule has 2 saturated heterocycles. The molecule has 2 atom stereocenters. The molecule has 3 rings (SSSR count). The molecular formula is C18H22N2O4. The SMILES string of the molecule is CC1(C(=O)O)CCN(C(=O)C2CC(=O)N(Cc3ccccc3)C2)C1. The molecule has 2 aliphatic rings. The Hall–Kier alpha value is -2.37. The van der Waals surface area contributed by atoms with Gasteiger partial charge in [0.2, 0.25) is 11.8 Å². The number of carboxylic acids is 1. The molecule has 24 heavy (non-hydrogen) atoms. The molecule has 1 aromatic rings. The molecule has 1 N–H and O–H groups in total. The maximum atomic E-state index is 12.7. The van der Waals surface area contributed by atoms with Gasteiger partial charge in [-0.3, -0.25) is 14.4 Å². The Morgan fingerprint density at radius 1 is 1.29 bits per heavy atom. The number of hydrogen-bond acceptors (Lipinski definition) is 3. The fourth-order valence-electron chi connectivity index (χ4n) is 3.48. The van der Waals surface area contributed by atoms with Gasteiger partial charge in [0.25, 0.3) is 0 Å². The summed E-state index contributed by atoms with van der Waals surface area (Å²) in [6.07, 6.45) is 0.675. The quantitative estimate of drug-likeness (QED) is 0.904. The average molecular weight is 330 g/mol. The number of likely N-dealkylation sites (tertiary alicyclic amines) is 2. The molecule has 2 amide bonds. The Morgan fingerprint density at radius 3 is 2.62 bits per heavy atom. The van der Waals surface area contributed by atoms with Gasteiger partial charge in [-0.15, -0.1) is 0 Å². The number of carbonyl (C=O) groups is 3. The molecule has 2 unspecified atom stereocenters. The minimum atomic E-state index is -0.873. The lowest BCUT2D eigenvalue weighted by Crippen LogP contribution is -2.38. The van der Waals surface area contributed by atoms with Gasteiger partial charge in [0.05, 0.1) is 11.3 Å². The fraction of sp³-hybridized carbons (Fsp3) is 0.500. The molecule has 2 heterocycles. The van der Waals surface area contributed by atoms with E-state index < -0.39 is 11.4 Å². The first kappa shape index (κ1) is 16.5. The standard InChI is InChI=1S/C18H22N2O4/c1-18(17(23)24)7-8-19(12-18)16(22)14-9-15(21)20(11-14)10-13-5-3-2-4-6-13/h2-6,14H,7-12H2,1H3,(H,23,24). The van der Waals surface area contributed by atoms with Crippen molar-refractivity contribution in [3.05, 3.63) is 35.9 Å². The van der Waals surface area contributed by atoms with Crippen molar-refractivity contribution in [3.8, 4) is 0 Å². The van der Waals surface area contributed by atoms with E-state index in [0.717, 1.165) is 5.56 Å². The van der Waals surface area contributed by atoms with E-state index in [4.69, 9.17) is 0 Å². The summed E-state index contributed by atoms with van der Waals surface area (Å²) in [6.45, 7) is 3.27. The largest absolute Gasteiger partial charge is 0.481 e. The number of carboxylic acid groups (broad SMARTS) is 1. The molecule has 0 bridgehead atoms. The van der Waals surface area contributed by atoms with Crippen LogP contribution in [0, 0.1) is 11.3 Å². The Labute approximate surface area is 141 Å². The van der Waals surface area contributed by atoms with E-state index in [2.05, 4.69) is 0 Å². The number of benzene rings is 1. The van der Waals surface area contributed by atoms with E-state index in [1.165, 1.54) is 0 Å². The maximum Gasteiger partial charge on any atom is 0.311 e. The maximum absolute atomic E-state index is 12.7. The molecule has 0 saturated carbocycles. The van der Waals surface area contributed by atoms with Crippen LogP contribution in [0.25, 0.3) is 0 Å². The van der Waals surface area contributed by atoms with Crippen LogP contribution in [-0.4, -0.2) is 52.3 Å². The third-order valence-corrected chi connectivity index (χ3v) is 5.08. The average Bonchev–Trinajstić information content (AvgIpc) is 3.13. The third kappa shape index (κ3) is 3.13. The minimum absolute atomic E-state index is 0.0163. The molecular weight excluding hydrogens is 308 g/mol. The van der Waals surface area contributed by atoms with E-state index in [1.54, 1.807) is 16.7 Å². The second-order valence-corrected chi connectivity index (χ2v) is 7.04. The van der Waals surface area contributed by atoms with Crippen molar-refractivity contribution in [2.45, 2.75) is 26.3 Å². The lowest BCUT2D eigenvalue weighted by molar-refractivity contribution is -0.147. The molecule has 128 valence electrons. The first-order chi connectivity index (χ1) is 11.4. The van der Waals surface area contributed by atoms with Gasteiger partial charge in [-0.1, -0.05) is 30.3 Å². The van der Waals surface area contributed by atoms with Crippen LogP contribution in [0.2, 0.25) is 0 Å². The van der Waals surface area contributed by atoms with E-state index in [9.17, 15) is 19.5 Å². The zero-order valence-corrected chi connectivity index (χ0v) is 13.8. The smallest absolute Gasteiger partial charge is 0.311 e. The summed E-state index contributed by atoms with van der Waals surface area (Å²) >= 11 is 0. The number of carbonyl (C=O) groups excluding carboxylic acids is 2. The van der Waals surface area contributed by atoms with Crippen LogP contribution < -0.4 is 0 Å². The number of nitrogens with zero attached hydrogens (tertiary/aromatic N) is 2. The third-order valence-electron chi connectivity index (χ3n) is 5.08. The zero-order valence-electron chi connectivity index (χ0n) is 13.8. The summed E-state index contributed by atoms with van der Waals surface area (Å²) in [5.41, 5.74) is 0.167. The van der Waals surface area contributed by atoms with Gasteiger partial charge in [0.1, 0.15) is 0 Å². The van der Waals surface area contributed by atoms with Gasteiger partial charge >= 0.3 is 5.97 Å². The van der Waals surface area contributed by atoms with Crippen molar-refractivity contribution in [2.24, 2.45) is 11.3 Å². The Kier molecular flexibility index (Phi) is 4.30. The van der Waals surface area contributed by atoms with Crippen LogP contribution in [0.1, 0.15) is 25.3 Å². The van der Waals surface area contributed by atoms with Crippen molar-refractivity contribution < 1.29 is 19.5 Å². The highest BCUT2D eigenvalue weighted by Crippen LogP contribution is 2.32. The molecule has 0 radical (unpaired) electrons. The van der Waals surface area contributed by atoms with Gasteiger partial charge in [-0.05, 0) is 18.9 Å². The fourth-order valence-corrected chi connectivity index (χ4v) is 3.48. The monoisotopic (exact) mass is 330 g/mol. The normalized spacial score (nSPS) is 26.9. The van der Waals surface area contributed by atoms with Crippen LogP contribution in [-0.2, 0) is 20.9 Å². The molecule has 0 aliphatic carbocycles. The van der Waals surface area contributed by atoms with Gasteiger partial charge < -0.3 is 14.9 Å². The van der Waals surface area contributed by atoms with Crippen molar-refractivity contribution >= 4 is 17.8 Å². The predicted molar refractivity (Wildman–Crippen MR) is 86.9 cm³/mol. The van der Waals surface area contributed by atoms with Crippen LogP contribution in [0.4, 0.5) is 0 Å². The molecule has 0 spiro atoms. The second-order valence-electron chi connectivity index (χ2n) is 7.04. The number of hydrogen-bond donors (Lipinski definition) is 1. The highest BCUT2D eigenvalue weighted by Gasteiger charge is 2.45. The number of rotatable bonds is 4. The van der Waals surface area contributed by atoms with Crippen LogP contribution in [0.15, 0.2) is 30.3 Å². The molecule has 0 aromatic heterocycles. The highest BCUT2D eigenvalue weighted by atomic mass is 16.4. The van der Waals surface area contributed by atoms with Crippen LogP contribution in [0.5, 0.6) is 0 Å². The van der Waals surface area contributed by atoms with Crippen molar-refractivity contribution in [3.63, 3.8) is 0 Å². The summed E-state index contributed by atoms with van der Waals surface area (Å²) in [5, 5.41) is 9.29. The molecule has 2 aliphatic heterocycles. The summed E-state index contributed by atoms with van der Waals surface area (Å²) in [6, 6.07) is 9.70. The summed E-state index contributed by atoms with van der Waals surface area (Å²) in [7, 11) is 0. The van der Waals surface area contributed by atoms with E-state index >= 15 is 0 Å². The Bertz CT molecular complexity index is 660. The lowest BCUT2D eigenvalue weighted by atomic mass is 9.90. The van der Waals surface area contributed by atoms with Crippen LogP contribution >= 0.6 is 0 Å². The zero-order chi connectivity index (χ0) is 17.3. The Morgan fingerprint density at radius 2 is 2.00 bits per heavy atom. The molecule has 1 aromatic carbocycles. The Balaban J connectivity index is 1.61. The minimum Gasteiger partial charge on any atom is -0.481 e. The van der Waals surface area contributed by atoms with Crippen LogP contribution in [0.3, 0.4) is 0 Å². The number of aliphatic carboxylic acids is 1. The van der Waals surface area contributed by atoms with E-state index in [1.807, 2.05) is 30.3 Å². The topological polar surface area (TPSA) is 77.9 Å². The van der Waals surface area contributed by atoms with Gasteiger partial charge in [-0.2, -0.15) is 0 Å². The highest BCUT2D eigenvalue weighted by molar-refractivity contribution is 5.90. The molecule has 2 fully saturated rings. The van der Waals surface area contributed by atoms with Gasteiger partial charge in [0.15, 0.2) is 0 Å². The van der Waals surface area contributed by atoms with Crippen molar-refractivity contribution in [2.75, 3.05) is 19.6 Å². The second kappa shape index (κ2) is 6.26. The van der Waals surface area contributed by atoms with E-state index in [-0.39, 0.29) is 30.7 Å². The first-order valence-electron chi connectivity index (χ1n) is 8.23. The predicted octanol–water partition coefficient (Wildman–Crippen LogP) is 1.36. The summed E-state index contributed by atoms with van der Waals surface area (Å²) < 4.78 is 0. The number of amides is 2. The molecule has 6 nitrogen and oxygen atoms in total. The summed E-state index contributed by atoms with van der Waals surface area (Å²) in [4.78, 5) is 39.5. The van der Waals surface area contributed by atoms with Gasteiger partial charge in [-0.25, -0.2) is 0 Å². The molecule has 6 heteroatoms. The van der Waals surface area contributed by atoms with Crippen molar-refractivity contribution in [1.82, 2.24) is 9.80 Å². The lowest BCUT2D eigenvalue weighted by Gasteiger charge is -2.23. The first-order valence-corrected chi connectivity index (χ1v) is 8.23. The van der Waals surface area contributed by atoms with E-state index in [0.29, 0.717) is 26.1 Å². The van der Waals surface area contributed by atoms with Crippen molar-refractivity contribution in [1.29, 1.82) is 0 Å².